The van der Waals surface area contributed by atoms with Crippen LogP contribution in [0, 0.1) is 0 Å². The van der Waals surface area contributed by atoms with E-state index in [1.165, 1.54) is 0 Å². The molecule has 0 N–H and O–H groups in total. The quantitative estimate of drug-likeness (QED) is 0.254. The number of unbranched alkanes of at least 4 members (excludes halogenated alkanes) is 1. The van der Waals surface area contributed by atoms with E-state index in [2.05, 4.69) is 6.58 Å². The van der Waals surface area contributed by atoms with Crippen LogP contribution in [0.15, 0.2) is 12.2 Å². The lowest BCUT2D eigenvalue weighted by atomic mass is 10.3. The molecule has 0 bridgehead atoms. The molecule has 0 aromatic heterocycles. The van der Waals surface area contributed by atoms with Crippen LogP contribution >= 0.6 is 0 Å². The largest absolute Gasteiger partial charge is 0.484 e. The molecule has 0 amide bonds. The standard InChI is InChI=1S/C14H28O5Si/c1-11(2)14(15)16-9-7-8-10-17-20(18-12(3)4)19-13(5)6/h12-13,20H,1,7-10H2,2-6H3. The average molecular weight is 304 g/mol. The fourth-order valence-electron chi connectivity index (χ4n) is 1.23. The fourth-order valence-corrected chi connectivity index (χ4v) is 2.70. The predicted octanol–water partition coefficient (Wildman–Crippen LogP) is 2.47. The molecule has 0 rings (SSSR count). The Labute approximate surface area is 124 Å². The van der Waals surface area contributed by atoms with Crippen LogP contribution in [0.4, 0.5) is 0 Å². The molecule has 0 radical (unpaired) electrons. The Morgan fingerprint density at radius 2 is 1.55 bits per heavy atom. The van der Waals surface area contributed by atoms with E-state index in [-0.39, 0.29) is 18.2 Å². The summed E-state index contributed by atoms with van der Waals surface area (Å²) in [4.78, 5) is 11.1. The highest BCUT2D eigenvalue weighted by molar-refractivity contribution is 6.36. The van der Waals surface area contributed by atoms with Crippen LogP contribution in [-0.2, 0) is 22.8 Å². The van der Waals surface area contributed by atoms with Crippen LogP contribution in [0.25, 0.3) is 0 Å². The lowest BCUT2D eigenvalue weighted by molar-refractivity contribution is -0.139. The SMILES string of the molecule is C=C(C)C(=O)OCCCCO[SiH](OC(C)C)OC(C)C. The van der Waals surface area contributed by atoms with E-state index in [1.54, 1.807) is 6.92 Å². The van der Waals surface area contributed by atoms with Gasteiger partial charge in [-0.1, -0.05) is 6.58 Å². The highest BCUT2D eigenvalue weighted by Crippen LogP contribution is 2.03. The molecule has 6 heteroatoms. The summed E-state index contributed by atoms with van der Waals surface area (Å²) in [5, 5.41) is 0. The molecule has 0 aliphatic heterocycles. The zero-order valence-electron chi connectivity index (χ0n) is 13.3. The molecular weight excluding hydrogens is 276 g/mol. The second-order valence-corrected chi connectivity index (χ2v) is 6.61. The van der Waals surface area contributed by atoms with E-state index in [1.807, 2.05) is 27.7 Å². The van der Waals surface area contributed by atoms with Gasteiger partial charge in [0.1, 0.15) is 0 Å². The molecule has 0 fully saturated rings. The first-order valence-corrected chi connectivity index (χ1v) is 8.49. The van der Waals surface area contributed by atoms with Crippen molar-refractivity contribution < 1.29 is 22.8 Å². The van der Waals surface area contributed by atoms with Gasteiger partial charge in [-0.15, -0.1) is 0 Å². The Hall–Kier alpha value is -0.693. The van der Waals surface area contributed by atoms with Crippen LogP contribution in [0.2, 0.25) is 0 Å². The molecule has 0 aliphatic carbocycles. The van der Waals surface area contributed by atoms with Crippen molar-refractivity contribution in [3.8, 4) is 0 Å². The van der Waals surface area contributed by atoms with Crippen LogP contribution in [0.3, 0.4) is 0 Å². The molecule has 0 unspecified atom stereocenters. The summed E-state index contributed by atoms with van der Waals surface area (Å²) in [7, 11) is -2.06. The van der Waals surface area contributed by atoms with Gasteiger partial charge in [0.2, 0.25) is 0 Å². The zero-order chi connectivity index (χ0) is 15.5. The normalized spacial score (nSPS) is 11.4. The summed E-state index contributed by atoms with van der Waals surface area (Å²) in [6, 6.07) is 0. The molecule has 0 aliphatic rings. The van der Waals surface area contributed by atoms with E-state index >= 15 is 0 Å². The minimum Gasteiger partial charge on any atom is -0.462 e. The fraction of sp³-hybridized carbons (Fsp3) is 0.786. The van der Waals surface area contributed by atoms with E-state index in [0.29, 0.717) is 18.8 Å². The van der Waals surface area contributed by atoms with Gasteiger partial charge in [0.05, 0.1) is 6.61 Å². The number of carbonyl (C=O) groups is 1. The molecular formula is C14H28O5Si. The summed E-state index contributed by atoms with van der Waals surface area (Å²) in [5.41, 5.74) is 0.421. The third kappa shape index (κ3) is 11.2. The van der Waals surface area contributed by atoms with Gasteiger partial charge in [-0.25, -0.2) is 4.79 Å². The Kier molecular flexibility index (Phi) is 10.6. The van der Waals surface area contributed by atoms with E-state index in [4.69, 9.17) is 18.0 Å². The van der Waals surface area contributed by atoms with Crippen molar-refractivity contribution in [1.29, 1.82) is 0 Å². The molecule has 0 saturated heterocycles. The van der Waals surface area contributed by atoms with E-state index in [9.17, 15) is 4.79 Å². The smallest absolute Gasteiger partial charge is 0.462 e. The molecule has 0 heterocycles. The second kappa shape index (κ2) is 11.0. The van der Waals surface area contributed by atoms with Crippen LogP contribution in [-0.4, -0.2) is 40.9 Å². The van der Waals surface area contributed by atoms with Gasteiger partial charge in [-0.3, -0.25) is 0 Å². The van der Waals surface area contributed by atoms with Crippen LogP contribution in [0.1, 0.15) is 47.5 Å². The molecule has 0 aromatic rings. The number of hydrogen-bond acceptors (Lipinski definition) is 5. The molecule has 0 aromatic carbocycles. The number of esters is 1. The Balaban J connectivity index is 3.72. The summed E-state index contributed by atoms with van der Waals surface area (Å²) < 4.78 is 21.9. The average Bonchev–Trinajstić information content (AvgIpc) is 2.31. The minimum absolute atomic E-state index is 0.0990. The lowest BCUT2D eigenvalue weighted by Gasteiger charge is -2.20. The maximum atomic E-state index is 11.1. The first kappa shape index (κ1) is 19.3. The van der Waals surface area contributed by atoms with E-state index in [0.717, 1.165) is 12.8 Å². The van der Waals surface area contributed by atoms with E-state index < -0.39 is 9.53 Å². The monoisotopic (exact) mass is 304 g/mol. The summed E-state index contributed by atoms with van der Waals surface area (Å²) in [6.45, 7) is 13.9. The molecule has 20 heavy (non-hydrogen) atoms. The maximum absolute atomic E-state index is 11.1. The van der Waals surface area contributed by atoms with Crippen LogP contribution < -0.4 is 0 Å². The zero-order valence-corrected chi connectivity index (χ0v) is 14.5. The number of ether oxygens (including phenoxy) is 1. The first-order chi connectivity index (χ1) is 9.32. The van der Waals surface area contributed by atoms with Gasteiger partial charge >= 0.3 is 15.5 Å². The first-order valence-electron chi connectivity index (χ1n) is 7.08. The third-order valence-electron chi connectivity index (χ3n) is 2.14. The Morgan fingerprint density at radius 3 is 2.00 bits per heavy atom. The third-order valence-corrected chi connectivity index (χ3v) is 4.18. The Morgan fingerprint density at radius 1 is 1.05 bits per heavy atom. The van der Waals surface area contributed by atoms with Gasteiger partial charge in [-0.2, -0.15) is 0 Å². The highest BCUT2D eigenvalue weighted by atomic mass is 28.3. The van der Waals surface area contributed by atoms with Crippen molar-refractivity contribution in [2.75, 3.05) is 13.2 Å². The lowest BCUT2D eigenvalue weighted by Crippen LogP contribution is -2.33. The van der Waals surface area contributed by atoms with Crippen molar-refractivity contribution in [3.63, 3.8) is 0 Å². The van der Waals surface area contributed by atoms with Crippen molar-refractivity contribution in [1.82, 2.24) is 0 Å². The van der Waals surface area contributed by atoms with Crippen molar-refractivity contribution in [3.05, 3.63) is 12.2 Å². The Bertz CT molecular complexity index is 281. The maximum Gasteiger partial charge on any atom is 0.484 e. The molecule has 0 spiro atoms. The van der Waals surface area contributed by atoms with Gasteiger partial charge in [0.15, 0.2) is 0 Å². The van der Waals surface area contributed by atoms with Gasteiger partial charge in [0, 0.05) is 24.4 Å². The van der Waals surface area contributed by atoms with Crippen molar-refractivity contribution >= 4 is 15.5 Å². The summed E-state index contributed by atoms with van der Waals surface area (Å²) >= 11 is 0. The molecule has 0 saturated carbocycles. The summed E-state index contributed by atoms with van der Waals surface area (Å²) in [5.74, 6) is -0.343. The van der Waals surface area contributed by atoms with Crippen molar-refractivity contribution in [2.24, 2.45) is 0 Å². The number of carbonyl (C=O) groups excluding carboxylic acids is 1. The van der Waals surface area contributed by atoms with Gasteiger partial charge in [-0.05, 0) is 47.5 Å². The molecule has 0 atom stereocenters. The van der Waals surface area contributed by atoms with Gasteiger partial charge < -0.3 is 18.0 Å². The molecule has 5 nitrogen and oxygen atoms in total. The number of rotatable bonds is 11. The van der Waals surface area contributed by atoms with Crippen LogP contribution in [0.5, 0.6) is 0 Å². The summed E-state index contributed by atoms with van der Waals surface area (Å²) in [6.07, 6.45) is 1.75. The highest BCUT2D eigenvalue weighted by Gasteiger charge is 2.18. The predicted molar refractivity (Wildman–Crippen MR) is 80.6 cm³/mol. The van der Waals surface area contributed by atoms with Gasteiger partial charge in [0.25, 0.3) is 0 Å². The minimum atomic E-state index is -2.06. The van der Waals surface area contributed by atoms with Crippen molar-refractivity contribution in [2.45, 2.75) is 59.7 Å². The topological polar surface area (TPSA) is 54.0 Å². The molecule has 118 valence electrons. The second-order valence-electron chi connectivity index (χ2n) is 5.15. The number of hydrogen-bond donors (Lipinski definition) is 0.